The normalized spacial score (nSPS) is 22.6. The number of rotatable bonds is 3. The van der Waals surface area contributed by atoms with Crippen LogP contribution in [0.15, 0.2) is 36.8 Å². The molecule has 0 bridgehead atoms. The van der Waals surface area contributed by atoms with Crippen molar-refractivity contribution in [3.05, 3.63) is 48.0 Å². The van der Waals surface area contributed by atoms with Gasteiger partial charge in [0.25, 0.3) is 11.8 Å². The van der Waals surface area contributed by atoms with Crippen LogP contribution in [-0.2, 0) is 0 Å². The quantitative estimate of drug-likeness (QED) is 0.734. The van der Waals surface area contributed by atoms with E-state index in [-0.39, 0.29) is 24.0 Å². The van der Waals surface area contributed by atoms with Gasteiger partial charge in [0.05, 0.1) is 24.1 Å². The highest BCUT2D eigenvalue weighted by Gasteiger charge is 2.36. The molecular weight excluding hydrogens is 416 g/mol. The Morgan fingerprint density at radius 1 is 1.09 bits per heavy atom. The van der Waals surface area contributed by atoms with E-state index in [4.69, 9.17) is 4.74 Å². The number of nitrogens with zero attached hydrogens (tertiary/aromatic N) is 3. The van der Waals surface area contributed by atoms with Crippen molar-refractivity contribution < 1.29 is 14.3 Å². The molecule has 2 atom stereocenters. The molecule has 2 amide bonds. The minimum atomic E-state index is -0.137. The molecule has 1 aliphatic heterocycles. The molecule has 2 heterocycles. The Labute approximate surface area is 196 Å². The number of fused-ring (bicyclic) bond motifs is 2. The minimum Gasteiger partial charge on any atom is -0.487 e. The van der Waals surface area contributed by atoms with Gasteiger partial charge in [-0.25, -0.2) is 4.98 Å². The van der Waals surface area contributed by atoms with Gasteiger partial charge in [-0.2, -0.15) is 0 Å². The van der Waals surface area contributed by atoms with Gasteiger partial charge in [-0.05, 0) is 50.7 Å². The topological polar surface area (TPSA) is 78.5 Å². The molecule has 178 valence electrons. The molecular formula is C26H36N4O3. The lowest BCUT2D eigenvalue weighted by Gasteiger charge is -2.40. The first-order valence-electron chi connectivity index (χ1n) is 12.5. The lowest BCUT2D eigenvalue weighted by molar-refractivity contribution is 0.0263. The summed E-state index contributed by atoms with van der Waals surface area (Å²) >= 11 is 0. The molecule has 7 heteroatoms. The molecule has 1 saturated carbocycles. The predicted octanol–water partition coefficient (Wildman–Crippen LogP) is 4.67. The Balaban J connectivity index is 1.66. The van der Waals surface area contributed by atoms with E-state index in [0.29, 0.717) is 23.6 Å². The summed E-state index contributed by atoms with van der Waals surface area (Å²) in [4.78, 5) is 37.9. The van der Waals surface area contributed by atoms with Crippen molar-refractivity contribution in [1.29, 1.82) is 0 Å². The number of H-pyrrole nitrogens is 1. The Morgan fingerprint density at radius 3 is 2.67 bits per heavy atom. The third kappa shape index (κ3) is 5.57. The van der Waals surface area contributed by atoms with Crippen LogP contribution in [0.1, 0.15) is 85.6 Å². The summed E-state index contributed by atoms with van der Waals surface area (Å²) in [6.45, 7) is 4.33. The average molecular weight is 453 g/mol. The standard InChI is InChI=1S/C26H36N4O3/c1-2-15-29-16-9-3-4-10-17-30(26(32)21-18-27-19-28-21)22-12-6-8-14-24(22)33-23-13-7-5-11-20(23)25(29)31/h5,7,11,13,18-19,22,24H,2-4,6,8-10,12,14-17H2,1H3,(H,27,28)/t22-,24+/m1/s1. The van der Waals surface area contributed by atoms with Gasteiger partial charge in [-0.1, -0.05) is 38.3 Å². The molecule has 1 aliphatic carbocycles. The van der Waals surface area contributed by atoms with Gasteiger partial charge in [-0.3, -0.25) is 9.59 Å². The summed E-state index contributed by atoms with van der Waals surface area (Å²) in [6.07, 6.45) is 11.9. The first-order chi connectivity index (χ1) is 16.2. The fraction of sp³-hybridized carbons (Fsp3) is 0.577. The number of benzene rings is 1. The van der Waals surface area contributed by atoms with Crippen molar-refractivity contribution in [3.8, 4) is 5.75 Å². The zero-order valence-corrected chi connectivity index (χ0v) is 19.7. The van der Waals surface area contributed by atoms with Gasteiger partial charge in [-0.15, -0.1) is 0 Å². The SMILES string of the molecule is CCCN1CCCCCCN(C(=O)c2cnc[nH]2)[C@@H]2CCCC[C@@H]2Oc2ccccc2C1=O. The smallest absolute Gasteiger partial charge is 0.272 e. The fourth-order valence-electron chi connectivity index (χ4n) is 5.12. The van der Waals surface area contributed by atoms with Crippen LogP contribution >= 0.6 is 0 Å². The van der Waals surface area contributed by atoms with Crippen LogP contribution in [0.3, 0.4) is 0 Å². The molecule has 2 aliphatic rings. The van der Waals surface area contributed by atoms with Crippen LogP contribution in [-0.4, -0.2) is 63.4 Å². The van der Waals surface area contributed by atoms with Crippen LogP contribution in [0.25, 0.3) is 0 Å². The van der Waals surface area contributed by atoms with Gasteiger partial charge in [0.1, 0.15) is 17.5 Å². The number of amides is 2. The van der Waals surface area contributed by atoms with Gasteiger partial charge >= 0.3 is 0 Å². The van der Waals surface area contributed by atoms with Gasteiger partial charge in [0, 0.05) is 19.6 Å². The highest BCUT2D eigenvalue weighted by Crippen LogP contribution is 2.31. The van der Waals surface area contributed by atoms with E-state index < -0.39 is 0 Å². The van der Waals surface area contributed by atoms with Crippen molar-refractivity contribution in [2.24, 2.45) is 0 Å². The number of aromatic nitrogens is 2. The fourth-order valence-corrected chi connectivity index (χ4v) is 5.12. The summed E-state index contributed by atoms with van der Waals surface area (Å²) in [6, 6.07) is 7.57. The number of nitrogens with one attached hydrogen (secondary N) is 1. The number of hydrogen-bond acceptors (Lipinski definition) is 4. The Hall–Kier alpha value is -2.83. The maximum atomic E-state index is 13.5. The lowest BCUT2D eigenvalue weighted by atomic mass is 9.90. The second-order valence-corrected chi connectivity index (χ2v) is 9.17. The monoisotopic (exact) mass is 452 g/mol. The Bertz CT molecular complexity index is 914. The van der Waals surface area contributed by atoms with E-state index in [1.807, 2.05) is 34.1 Å². The van der Waals surface area contributed by atoms with Crippen molar-refractivity contribution in [3.63, 3.8) is 0 Å². The molecule has 0 radical (unpaired) electrons. The summed E-state index contributed by atoms with van der Waals surface area (Å²) in [5.74, 6) is 0.660. The van der Waals surface area contributed by atoms with E-state index in [1.165, 1.54) is 0 Å². The lowest BCUT2D eigenvalue weighted by Crippen LogP contribution is -2.51. The zero-order chi connectivity index (χ0) is 23.0. The van der Waals surface area contributed by atoms with Crippen LogP contribution < -0.4 is 4.74 Å². The second kappa shape index (κ2) is 11.3. The minimum absolute atomic E-state index is 0.0152. The summed E-state index contributed by atoms with van der Waals surface area (Å²) in [5, 5.41) is 0. The maximum absolute atomic E-state index is 13.5. The predicted molar refractivity (Wildman–Crippen MR) is 127 cm³/mol. The summed E-state index contributed by atoms with van der Waals surface area (Å²) < 4.78 is 6.57. The average Bonchev–Trinajstić information content (AvgIpc) is 3.38. The van der Waals surface area contributed by atoms with Crippen LogP contribution in [0, 0.1) is 0 Å². The first kappa shape index (κ1) is 23.3. The number of ether oxygens (including phenoxy) is 1. The summed E-state index contributed by atoms with van der Waals surface area (Å²) in [7, 11) is 0. The second-order valence-electron chi connectivity index (χ2n) is 9.17. The van der Waals surface area contributed by atoms with Crippen molar-refractivity contribution in [2.75, 3.05) is 19.6 Å². The number of aromatic amines is 1. The first-order valence-corrected chi connectivity index (χ1v) is 12.5. The van der Waals surface area contributed by atoms with Crippen molar-refractivity contribution in [2.45, 2.75) is 76.9 Å². The van der Waals surface area contributed by atoms with Gasteiger partial charge < -0.3 is 19.5 Å². The van der Waals surface area contributed by atoms with E-state index in [0.717, 1.165) is 70.9 Å². The van der Waals surface area contributed by atoms with Crippen LogP contribution in [0.5, 0.6) is 5.75 Å². The van der Waals surface area contributed by atoms with Crippen LogP contribution in [0.4, 0.5) is 0 Å². The van der Waals surface area contributed by atoms with Crippen LogP contribution in [0.2, 0.25) is 0 Å². The molecule has 1 N–H and O–H groups in total. The highest BCUT2D eigenvalue weighted by molar-refractivity contribution is 5.97. The number of carbonyl (C=O) groups excluding carboxylic acids is 2. The van der Waals surface area contributed by atoms with E-state index in [9.17, 15) is 9.59 Å². The molecule has 1 fully saturated rings. The van der Waals surface area contributed by atoms with Gasteiger partial charge in [0.15, 0.2) is 0 Å². The highest BCUT2D eigenvalue weighted by atomic mass is 16.5. The van der Waals surface area contributed by atoms with E-state index >= 15 is 0 Å². The molecule has 0 spiro atoms. The molecule has 33 heavy (non-hydrogen) atoms. The van der Waals surface area contributed by atoms with E-state index in [1.54, 1.807) is 12.5 Å². The zero-order valence-electron chi connectivity index (χ0n) is 19.7. The number of para-hydroxylation sites is 1. The maximum Gasteiger partial charge on any atom is 0.272 e. The molecule has 1 aromatic heterocycles. The molecule has 4 rings (SSSR count). The number of imidazole rings is 1. The molecule has 1 aromatic carbocycles. The molecule has 2 aromatic rings. The molecule has 7 nitrogen and oxygen atoms in total. The van der Waals surface area contributed by atoms with Crippen molar-refractivity contribution in [1.82, 2.24) is 19.8 Å². The Morgan fingerprint density at radius 2 is 1.88 bits per heavy atom. The molecule has 0 unspecified atom stereocenters. The third-order valence-corrected chi connectivity index (χ3v) is 6.81. The largest absolute Gasteiger partial charge is 0.487 e. The molecule has 0 saturated heterocycles. The van der Waals surface area contributed by atoms with Crippen molar-refractivity contribution >= 4 is 11.8 Å². The third-order valence-electron chi connectivity index (χ3n) is 6.81. The Kier molecular flexibility index (Phi) is 8.02. The van der Waals surface area contributed by atoms with Gasteiger partial charge in [0.2, 0.25) is 0 Å². The number of carbonyl (C=O) groups is 2. The summed E-state index contributed by atoms with van der Waals surface area (Å²) in [5.41, 5.74) is 1.14. The number of hydrogen-bond donors (Lipinski definition) is 1. The van der Waals surface area contributed by atoms with E-state index in [2.05, 4.69) is 16.9 Å².